The summed E-state index contributed by atoms with van der Waals surface area (Å²) in [7, 11) is 0. The average Bonchev–Trinajstić information content (AvgIpc) is 0.707. The van der Waals surface area contributed by atoms with E-state index in [9.17, 15) is 92.0 Å². The van der Waals surface area contributed by atoms with Crippen LogP contribution in [0.15, 0.2) is 283 Å². The summed E-state index contributed by atoms with van der Waals surface area (Å²) in [6.07, 6.45) is 12.4. The first-order chi connectivity index (χ1) is 67.8. The molecule has 2 bridgehead atoms. The lowest BCUT2D eigenvalue weighted by molar-refractivity contribution is -0.143. The predicted octanol–water partition coefficient (Wildman–Crippen LogP) is 25.1. The first-order valence-corrected chi connectivity index (χ1v) is 45.9. The van der Waals surface area contributed by atoms with Crippen LogP contribution in [0.5, 0.6) is 46.0 Å². The Hall–Kier alpha value is -16.4. The van der Waals surface area contributed by atoms with Crippen molar-refractivity contribution in [3.05, 3.63) is 358 Å². The second-order valence-electron chi connectivity index (χ2n) is 36.5. The van der Waals surface area contributed by atoms with E-state index in [1.54, 1.807) is 98.8 Å². The molecule has 0 atom stereocenters. The highest BCUT2D eigenvalue weighted by atomic mass is 35.5. The van der Waals surface area contributed by atoms with Crippen LogP contribution in [0, 0.1) is 68.2 Å². The molecule has 0 unspecified atom stereocenters. The van der Waals surface area contributed by atoms with Gasteiger partial charge in [-0.2, -0.15) is 0 Å². The Labute approximate surface area is 808 Å². The highest BCUT2D eigenvalue weighted by Gasteiger charge is 2.67. The Balaban J connectivity index is 0.000000105. The molecule has 7 heterocycles. The molecule has 0 amide bonds. The second kappa shape index (κ2) is 37.1. The highest BCUT2D eigenvalue weighted by Crippen LogP contribution is 2.75. The maximum atomic E-state index is 14.0. The summed E-state index contributed by atoms with van der Waals surface area (Å²) >= 11 is 12.4. The van der Waals surface area contributed by atoms with Crippen LogP contribution in [0.2, 0.25) is 10.0 Å². The molecule has 14 aromatic carbocycles. The number of rotatable bonds is 4. The maximum Gasteiger partial charge on any atom is 0.344 e. The molecule has 0 spiro atoms. The summed E-state index contributed by atoms with van der Waals surface area (Å²) in [5.74, 6) is 3.16. The van der Waals surface area contributed by atoms with E-state index in [1.807, 2.05) is 44.2 Å². The lowest BCUT2D eigenvalue weighted by atomic mass is 9.33. The third-order valence-electron chi connectivity index (χ3n) is 26.5. The predicted molar refractivity (Wildman–Crippen MR) is 537 cm³/mol. The molecule has 8 N–H and O–H groups in total. The molecule has 29 heteroatoms. The number of phenols is 7. The zero-order valence-corrected chi connectivity index (χ0v) is 77.6. The van der Waals surface area contributed by atoms with Gasteiger partial charge in [-0.25, -0.2) is 51.1 Å². The zero-order chi connectivity index (χ0) is 100. The van der Waals surface area contributed by atoms with Crippen molar-refractivity contribution >= 4 is 175 Å². The van der Waals surface area contributed by atoms with E-state index in [2.05, 4.69) is 30.9 Å². The number of halogens is 6. The van der Waals surface area contributed by atoms with Crippen LogP contribution in [0.3, 0.4) is 0 Å². The van der Waals surface area contributed by atoms with Gasteiger partial charge < -0.3 is 76.5 Å². The van der Waals surface area contributed by atoms with E-state index >= 15 is 0 Å². The Morgan fingerprint density at radius 2 is 0.655 bits per heavy atom. The fourth-order valence-corrected chi connectivity index (χ4v) is 20.3. The fraction of sp³-hybridized carbons (Fsp3) is 0.177. The van der Waals surface area contributed by atoms with E-state index < -0.39 is 62.6 Å². The molecule has 5 saturated carbocycles. The molecule has 26 rings (SSSR count). The molecule has 714 valence electrons. The summed E-state index contributed by atoms with van der Waals surface area (Å²) < 4.78 is 98.0. The molecule has 0 saturated heterocycles. The van der Waals surface area contributed by atoms with Gasteiger partial charge in [0.15, 0.2) is 0 Å². The van der Waals surface area contributed by atoms with Crippen LogP contribution in [0.1, 0.15) is 111 Å². The molecule has 7 aromatic heterocycles. The van der Waals surface area contributed by atoms with Crippen molar-refractivity contribution < 1.29 is 94.1 Å². The molecular formula is C113H82Cl2F4O23. The Morgan fingerprint density at radius 3 is 1.05 bits per heavy atom. The largest absolute Gasteiger partial charge is 0.508 e. The van der Waals surface area contributed by atoms with Crippen LogP contribution >= 0.6 is 23.2 Å². The van der Waals surface area contributed by atoms with Gasteiger partial charge in [0, 0.05) is 135 Å². The summed E-state index contributed by atoms with van der Waals surface area (Å²) in [6, 6.07) is 56.9. The Kier molecular flexibility index (Phi) is 24.7. The number of ether oxygens (including phenoxy) is 1. The van der Waals surface area contributed by atoms with Crippen molar-refractivity contribution in [1.82, 2.24) is 0 Å². The summed E-state index contributed by atoms with van der Waals surface area (Å²) in [5.41, 5.74) is 2.87. The topological polar surface area (TPSA) is 383 Å². The van der Waals surface area contributed by atoms with Gasteiger partial charge in [0.2, 0.25) is 0 Å². The molecule has 142 heavy (non-hydrogen) atoms. The smallest absolute Gasteiger partial charge is 0.344 e. The van der Waals surface area contributed by atoms with E-state index in [1.165, 1.54) is 111 Å². The molecule has 0 aliphatic heterocycles. The number of aryl methyl sites for hydroxylation is 4. The van der Waals surface area contributed by atoms with Crippen molar-refractivity contribution in [2.75, 3.05) is 0 Å². The standard InChI is InChI=1S/C20H18O3.C19H14O4.C18H16O4.2C14H9ClO3.2C14H8F2O3/c1-2-19-9-20(10-19,11-19)12-3-5-15-16(7-12)14-6-4-13(21)8-17(14)23-18(15)22;20-13-3-5-14-16-10-12(6-9-19(22)7-1-8-19)2-4-15(16)18(21)23-17(14)11-13;19-11-5-7-14-16-10-13(21-12-3-1-2-4-12)6-8-15(16)18(20)22-17(14)9-11;2*1-7-4-10-13(11(15)5-7)9-3-2-8(16)6-12(9)18-14(10)17;2*1-6-2-8-12(9(15)3-6)13-10(16)4-7(17)5-11(13)19-14(8)18/h3-8,21H,2,9-11H2,1H3;2-5,10-11,20,22H,1,7-8H2;5-10,12,19H,1-4H2;2*2-6,16H,1H3;2*2-5,17H,1H3. The number of hydrogen-bond acceptors (Lipinski definition) is 23. The lowest BCUT2D eigenvalue weighted by Crippen LogP contribution is -2.64. The molecule has 5 aliphatic carbocycles. The summed E-state index contributed by atoms with van der Waals surface area (Å²) in [6.45, 7) is 9.27. The van der Waals surface area contributed by atoms with E-state index in [0.29, 0.717) is 121 Å². The van der Waals surface area contributed by atoms with Crippen LogP contribution in [0.4, 0.5) is 17.6 Å². The van der Waals surface area contributed by atoms with E-state index in [-0.39, 0.29) is 95.5 Å². The van der Waals surface area contributed by atoms with Gasteiger partial charge in [-0.1, -0.05) is 54.5 Å². The summed E-state index contributed by atoms with van der Waals surface area (Å²) in [5, 5.41) is 86.8. The number of phenolic OH excluding ortho intramolecular Hbond substituents is 7. The monoisotopic (exact) mass is 1950 g/mol. The minimum absolute atomic E-state index is 0.0189. The van der Waals surface area contributed by atoms with E-state index in [4.69, 9.17) is 58.9 Å². The van der Waals surface area contributed by atoms with Gasteiger partial charge in [0.25, 0.3) is 0 Å². The van der Waals surface area contributed by atoms with Crippen molar-refractivity contribution in [1.29, 1.82) is 0 Å². The maximum absolute atomic E-state index is 14.0. The van der Waals surface area contributed by atoms with Gasteiger partial charge in [-0.05, 0) is 288 Å². The minimum atomic E-state index is -0.863. The lowest BCUT2D eigenvalue weighted by Gasteiger charge is -2.71. The average molecular weight is 1950 g/mol. The minimum Gasteiger partial charge on any atom is -0.508 e. The van der Waals surface area contributed by atoms with Crippen LogP contribution in [0.25, 0.3) is 152 Å². The third-order valence-corrected chi connectivity index (χ3v) is 27.1. The van der Waals surface area contributed by atoms with Crippen LogP contribution in [-0.2, 0) is 5.41 Å². The molecular weight excluding hydrogens is 1870 g/mol. The van der Waals surface area contributed by atoms with Gasteiger partial charge >= 0.3 is 39.4 Å². The first-order valence-electron chi connectivity index (χ1n) is 45.2. The van der Waals surface area contributed by atoms with Crippen molar-refractivity contribution in [2.24, 2.45) is 5.41 Å². The number of benzene rings is 14. The van der Waals surface area contributed by atoms with Crippen molar-refractivity contribution in [3.8, 4) is 57.8 Å². The van der Waals surface area contributed by atoms with Crippen LogP contribution in [-0.4, -0.2) is 52.6 Å². The second-order valence-corrected chi connectivity index (χ2v) is 37.3. The first kappa shape index (κ1) is 94.6. The SMILES string of the molecule is CCC12CC(c3ccc4c(=O)oc5cc(O)ccc5c4c3)(C1)C2.Cc1cc(Cl)c2c(c1)c(=O)oc1cc(O)ccc12.Cc1cc(Cl)c2c(c1)c(=O)oc1cc(O)ccc12.Cc1cc(F)c2c(c1)c(=O)oc1cc(O)cc(F)c12.Cc1cc(F)c2c(c1)c(=O)oc1cc(O)cc(F)c12.O=c1oc2cc(O)ccc2c2cc(C#CC3(O)CCC3)ccc12.O=c1oc2cc(O)ccc2c2cc(OC3CCCC3)ccc12. The van der Waals surface area contributed by atoms with Gasteiger partial charge in [0.05, 0.1) is 54.6 Å². The number of hydrogen-bond donors (Lipinski definition) is 8. The van der Waals surface area contributed by atoms with Crippen molar-refractivity contribution in [3.63, 3.8) is 0 Å². The molecule has 0 radical (unpaired) electrons. The number of aliphatic hydroxyl groups is 1. The van der Waals surface area contributed by atoms with E-state index in [0.717, 1.165) is 98.3 Å². The molecule has 23 nitrogen and oxygen atoms in total. The number of fused-ring (bicyclic) bond motifs is 21. The Bertz CT molecular complexity index is 9130. The highest BCUT2D eigenvalue weighted by molar-refractivity contribution is 6.38. The van der Waals surface area contributed by atoms with Gasteiger partial charge in [-0.15, -0.1) is 0 Å². The molecule has 21 aromatic rings. The summed E-state index contributed by atoms with van der Waals surface area (Å²) in [4.78, 5) is 83.7. The van der Waals surface area contributed by atoms with Crippen molar-refractivity contribution in [2.45, 2.75) is 122 Å². The van der Waals surface area contributed by atoms with Crippen LogP contribution < -0.4 is 44.1 Å². The molecule has 5 fully saturated rings. The quantitative estimate of drug-likeness (QED) is 0.0351. The van der Waals surface area contributed by atoms with Gasteiger partial charge in [0.1, 0.15) is 114 Å². The van der Waals surface area contributed by atoms with Gasteiger partial charge in [-0.3, -0.25) is 0 Å². The normalized spacial score (nSPS) is 15.5. The fourth-order valence-electron chi connectivity index (χ4n) is 19.6. The molecule has 5 aliphatic rings. The zero-order valence-electron chi connectivity index (χ0n) is 76.1. The Morgan fingerprint density at radius 1 is 0.331 bits per heavy atom. The number of aromatic hydroxyl groups is 7. The third kappa shape index (κ3) is 18.2.